The molecule has 0 aliphatic rings. The molecule has 0 spiro atoms. The van der Waals surface area contributed by atoms with E-state index >= 15 is 0 Å². The van der Waals surface area contributed by atoms with Crippen LogP contribution in [0.3, 0.4) is 0 Å². The Bertz CT molecular complexity index is 988. The quantitative estimate of drug-likeness (QED) is 0.459. The first kappa shape index (κ1) is 21.7. The first-order chi connectivity index (χ1) is 14.0. The first-order valence-corrected chi connectivity index (χ1v) is 12.0. The number of pyridine rings is 1. The van der Waals surface area contributed by atoms with Gasteiger partial charge in [0.2, 0.25) is 0 Å². The lowest BCUT2D eigenvalue weighted by Gasteiger charge is -2.42. The van der Waals surface area contributed by atoms with Crippen molar-refractivity contribution in [1.82, 2.24) is 18.7 Å². The second kappa shape index (κ2) is 9.21. The van der Waals surface area contributed by atoms with E-state index in [9.17, 15) is 4.39 Å². The molecule has 2 aromatic heterocycles. The molecule has 1 aromatic carbocycles. The number of hydrogen-bond donors (Lipinski definition) is 0. The van der Waals surface area contributed by atoms with Gasteiger partial charge in [0, 0.05) is 32.4 Å². The standard InChI is InChI=1S/C22H31FN5P/c1-6-26(7-2)29(27(8-3)9-4,25-20-15-13-19(23)14-16-20)22-18(5)24-21-12-10-11-17-28(21)22/h10-17H,6-9H2,1-5H3. The van der Waals surface area contributed by atoms with Gasteiger partial charge in [-0.2, -0.15) is 0 Å². The van der Waals surface area contributed by atoms with Crippen molar-refractivity contribution in [3.8, 4) is 0 Å². The number of nitrogens with zero attached hydrogens (tertiary/aromatic N) is 5. The van der Waals surface area contributed by atoms with Crippen LogP contribution in [0, 0.1) is 12.7 Å². The summed E-state index contributed by atoms with van der Waals surface area (Å²) in [5.41, 5.74) is 3.86. The van der Waals surface area contributed by atoms with Crippen LogP contribution in [0.2, 0.25) is 0 Å². The van der Waals surface area contributed by atoms with E-state index in [1.807, 2.05) is 18.2 Å². The number of fused-ring (bicyclic) bond motifs is 1. The molecule has 0 fully saturated rings. The van der Waals surface area contributed by atoms with E-state index in [0.29, 0.717) is 0 Å². The molecule has 156 valence electrons. The lowest BCUT2D eigenvalue weighted by atomic mass is 10.3. The summed E-state index contributed by atoms with van der Waals surface area (Å²) >= 11 is 0. The summed E-state index contributed by atoms with van der Waals surface area (Å²) in [5.74, 6) is -0.246. The molecule has 3 aromatic rings. The van der Waals surface area contributed by atoms with Gasteiger partial charge in [-0.05, 0) is 43.3 Å². The second-order valence-electron chi connectivity index (χ2n) is 6.87. The zero-order chi connectivity index (χ0) is 21.0. The van der Waals surface area contributed by atoms with Gasteiger partial charge in [-0.25, -0.2) is 14.1 Å². The van der Waals surface area contributed by atoms with Crippen LogP contribution < -0.4 is 5.44 Å². The van der Waals surface area contributed by atoms with Crippen LogP contribution >= 0.6 is 7.36 Å². The van der Waals surface area contributed by atoms with Crippen LogP contribution in [0.15, 0.2) is 53.4 Å². The van der Waals surface area contributed by atoms with Crippen molar-refractivity contribution in [1.29, 1.82) is 0 Å². The van der Waals surface area contributed by atoms with Crippen molar-refractivity contribution in [3.05, 3.63) is 60.2 Å². The smallest absolute Gasteiger partial charge is 0.150 e. The van der Waals surface area contributed by atoms with Crippen molar-refractivity contribution < 1.29 is 4.39 Å². The fraction of sp³-hybridized carbons (Fsp3) is 0.409. The van der Waals surface area contributed by atoms with Gasteiger partial charge in [-0.1, -0.05) is 33.8 Å². The molecule has 0 saturated carbocycles. The third-order valence-corrected chi connectivity index (χ3v) is 9.61. The number of hydrogen-bond acceptors (Lipinski definition) is 2. The second-order valence-corrected chi connectivity index (χ2v) is 9.76. The molecule has 0 aliphatic carbocycles. The highest BCUT2D eigenvalue weighted by Crippen LogP contribution is 2.57. The predicted octanol–water partition coefficient (Wildman–Crippen LogP) is 5.45. The topological polar surface area (TPSA) is 36.1 Å². The third-order valence-electron chi connectivity index (χ3n) is 5.29. The number of rotatable bonds is 8. The molecular formula is C22H31FN5P. The van der Waals surface area contributed by atoms with Crippen LogP contribution in [-0.2, 0) is 0 Å². The van der Waals surface area contributed by atoms with Crippen LogP contribution in [0.5, 0.6) is 0 Å². The minimum absolute atomic E-state index is 0.246. The molecule has 0 aliphatic heterocycles. The van der Waals surface area contributed by atoms with E-state index in [-0.39, 0.29) is 5.82 Å². The third kappa shape index (κ3) is 3.89. The fourth-order valence-corrected chi connectivity index (χ4v) is 8.20. The molecule has 0 atom stereocenters. The molecule has 0 N–H and O–H groups in total. The van der Waals surface area contributed by atoms with Crippen LogP contribution in [0.4, 0.5) is 10.1 Å². The number of aromatic nitrogens is 2. The molecule has 0 bridgehead atoms. The highest BCUT2D eigenvalue weighted by atomic mass is 31.2. The van der Waals surface area contributed by atoms with Gasteiger partial charge in [0.15, 0.2) is 7.36 Å². The van der Waals surface area contributed by atoms with Gasteiger partial charge >= 0.3 is 0 Å². The van der Waals surface area contributed by atoms with E-state index in [0.717, 1.165) is 48.6 Å². The van der Waals surface area contributed by atoms with Crippen molar-refractivity contribution in [3.63, 3.8) is 0 Å². The largest absolute Gasteiger partial charge is 0.296 e. The lowest BCUT2D eigenvalue weighted by molar-refractivity contribution is 0.420. The zero-order valence-electron chi connectivity index (χ0n) is 18.0. The Morgan fingerprint density at radius 3 is 2.07 bits per heavy atom. The Balaban J connectivity index is 2.47. The molecule has 0 saturated heterocycles. The van der Waals surface area contributed by atoms with Gasteiger partial charge in [0.1, 0.15) is 16.9 Å². The van der Waals surface area contributed by atoms with E-state index in [2.05, 4.69) is 54.6 Å². The van der Waals surface area contributed by atoms with Crippen molar-refractivity contribution in [2.45, 2.75) is 34.6 Å². The summed E-state index contributed by atoms with van der Waals surface area (Å²) in [6.07, 6.45) is 2.08. The van der Waals surface area contributed by atoms with Gasteiger partial charge in [-0.15, -0.1) is 0 Å². The summed E-state index contributed by atoms with van der Waals surface area (Å²) in [7, 11) is -2.37. The summed E-state index contributed by atoms with van der Waals surface area (Å²) in [6, 6.07) is 12.6. The van der Waals surface area contributed by atoms with E-state index in [1.54, 1.807) is 12.1 Å². The van der Waals surface area contributed by atoms with Crippen molar-refractivity contribution in [2.24, 2.45) is 4.74 Å². The zero-order valence-corrected chi connectivity index (χ0v) is 18.9. The molecular weight excluding hydrogens is 384 g/mol. The Kier molecular flexibility index (Phi) is 6.89. The first-order valence-electron chi connectivity index (χ1n) is 10.3. The molecule has 3 rings (SSSR count). The van der Waals surface area contributed by atoms with Gasteiger partial charge in [0.25, 0.3) is 0 Å². The molecule has 0 amide bonds. The molecule has 0 unspecified atom stereocenters. The van der Waals surface area contributed by atoms with Gasteiger partial charge in [-0.3, -0.25) is 13.7 Å². The number of aryl methyl sites for hydroxylation is 1. The van der Waals surface area contributed by atoms with Crippen LogP contribution in [0.1, 0.15) is 33.4 Å². The molecule has 5 nitrogen and oxygen atoms in total. The predicted molar refractivity (Wildman–Crippen MR) is 121 cm³/mol. The van der Waals surface area contributed by atoms with Gasteiger partial charge < -0.3 is 0 Å². The number of halogens is 1. The SMILES string of the molecule is CCN(CC)P(=Nc1ccc(F)cc1)(c1c(C)nc2ccccn12)N(CC)CC. The summed E-state index contributed by atoms with van der Waals surface area (Å²) in [5, 5.41) is 0. The molecule has 2 heterocycles. The van der Waals surface area contributed by atoms with Crippen molar-refractivity contribution >= 4 is 24.1 Å². The van der Waals surface area contributed by atoms with Crippen LogP contribution in [0.25, 0.3) is 5.65 Å². The molecule has 7 heteroatoms. The van der Waals surface area contributed by atoms with E-state index in [4.69, 9.17) is 9.73 Å². The monoisotopic (exact) mass is 415 g/mol. The Morgan fingerprint density at radius 2 is 1.52 bits per heavy atom. The summed E-state index contributed by atoms with van der Waals surface area (Å²) < 4.78 is 26.1. The highest BCUT2D eigenvalue weighted by Gasteiger charge is 2.38. The maximum Gasteiger partial charge on any atom is 0.150 e. The average Bonchev–Trinajstić information content (AvgIpc) is 3.07. The maximum atomic E-state index is 13.6. The summed E-state index contributed by atoms with van der Waals surface area (Å²) in [6.45, 7) is 14.3. The maximum absolute atomic E-state index is 13.6. The number of benzene rings is 1. The fourth-order valence-electron chi connectivity index (χ4n) is 3.99. The minimum Gasteiger partial charge on any atom is -0.296 e. The summed E-state index contributed by atoms with van der Waals surface area (Å²) in [4.78, 5) is 4.85. The lowest BCUT2D eigenvalue weighted by Crippen LogP contribution is -2.39. The molecule has 0 radical (unpaired) electrons. The average molecular weight is 415 g/mol. The molecule has 29 heavy (non-hydrogen) atoms. The Labute approximate surface area is 173 Å². The highest BCUT2D eigenvalue weighted by molar-refractivity contribution is 7.69. The van der Waals surface area contributed by atoms with Gasteiger partial charge in [0.05, 0.1) is 11.4 Å². The number of imidazole rings is 1. The van der Waals surface area contributed by atoms with E-state index < -0.39 is 7.36 Å². The van der Waals surface area contributed by atoms with E-state index in [1.165, 1.54) is 12.1 Å². The Hall–Kier alpha value is -2.01. The minimum atomic E-state index is -2.37. The van der Waals surface area contributed by atoms with Crippen molar-refractivity contribution in [2.75, 3.05) is 26.2 Å². The van der Waals surface area contributed by atoms with Crippen LogP contribution in [-0.4, -0.2) is 44.9 Å². The Morgan fingerprint density at radius 1 is 0.931 bits per heavy atom. The normalized spacial score (nSPS) is 12.3.